The average Bonchev–Trinajstić information content (AvgIpc) is 2.23. The van der Waals surface area contributed by atoms with Gasteiger partial charge in [-0.05, 0) is 26.4 Å². The maximum Gasteiger partial charge on any atom is 0.0261 e. The van der Waals surface area contributed by atoms with Gasteiger partial charge in [0.2, 0.25) is 0 Å². The zero-order chi connectivity index (χ0) is 9.80. The lowest BCUT2D eigenvalue weighted by molar-refractivity contribution is 0.120. The largest absolute Gasteiger partial charge is 0.302 e. The summed E-state index contributed by atoms with van der Waals surface area (Å²) < 4.78 is 0. The molecule has 3 nitrogen and oxygen atoms in total. The van der Waals surface area contributed by atoms with Crippen molar-refractivity contribution >= 4 is 0 Å². The second-order valence-electron chi connectivity index (χ2n) is 4.60. The van der Waals surface area contributed by atoms with Gasteiger partial charge in [0.25, 0.3) is 0 Å². The van der Waals surface area contributed by atoms with Gasteiger partial charge in [0.1, 0.15) is 0 Å². The summed E-state index contributed by atoms with van der Waals surface area (Å²) in [5.41, 5.74) is 0. The van der Waals surface area contributed by atoms with Crippen LogP contribution in [0.5, 0.6) is 0 Å². The van der Waals surface area contributed by atoms with Crippen LogP contribution in [-0.2, 0) is 0 Å². The normalized spacial score (nSPS) is 31.9. The molecule has 2 saturated heterocycles. The molecule has 0 saturated carbocycles. The molecule has 1 atom stereocenters. The molecule has 0 bridgehead atoms. The van der Waals surface area contributed by atoms with Crippen LogP contribution in [0.25, 0.3) is 0 Å². The lowest BCUT2D eigenvalue weighted by Crippen LogP contribution is -2.49. The van der Waals surface area contributed by atoms with Gasteiger partial charge in [-0.25, -0.2) is 5.32 Å². The Kier molecular flexibility index (Phi) is 3.79. The highest BCUT2D eigenvalue weighted by Crippen LogP contribution is 2.16. The first-order valence-corrected chi connectivity index (χ1v) is 5.92. The van der Waals surface area contributed by atoms with Crippen molar-refractivity contribution in [2.24, 2.45) is 0 Å². The maximum atomic E-state index is 4.38. The number of rotatable bonds is 2. The van der Waals surface area contributed by atoms with E-state index < -0.39 is 0 Å². The summed E-state index contributed by atoms with van der Waals surface area (Å²) >= 11 is 0. The molecule has 0 aromatic rings. The minimum Gasteiger partial charge on any atom is -0.302 e. The fourth-order valence-corrected chi connectivity index (χ4v) is 2.50. The number of piperidine rings is 1. The van der Waals surface area contributed by atoms with Crippen molar-refractivity contribution in [1.82, 2.24) is 15.1 Å². The lowest BCUT2D eigenvalue weighted by Gasteiger charge is -2.37. The first kappa shape index (κ1) is 10.4. The Balaban J connectivity index is 1.76. The summed E-state index contributed by atoms with van der Waals surface area (Å²) in [6, 6.07) is 0.807. The van der Waals surface area contributed by atoms with Gasteiger partial charge in [-0.3, -0.25) is 4.90 Å². The Morgan fingerprint density at radius 1 is 1.14 bits per heavy atom. The molecule has 0 aromatic heterocycles. The van der Waals surface area contributed by atoms with E-state index in [4.69, 9.17) is 0 Å². The van der Waals surface area contributed by atoms with Crippen molar-refractivity contribution in [3.05, 3.63) is 0 Å². The molecule has 0 unspecified atom stereocenters. The molecule has 0 aliphatic carbocycles. The first-order valence-electron chi connectivity index (χ1n) is 5.92. The summed E-state index contributed by atoms with van der Waals surface area (Å²) in [6.07, 6.45) is 4.21. The van der Waals surface area contributed by atoms with Crippen molar-refractivity contribution in [2.75, 3.05) is 46.3 Å². The van der Waals surface area contributed by atoms with Gasteiger partial charge in [0, 0.05) is 38.8 Å². The third-order valence-electron chi connectivity index (χ3n) is 3.54. The molecule has 81 valence electrons. The van der Waals surface area contributed by atoms with Gasteiger partial charge < -0.3 is 4.90 Å². The number of hydrogen-bond donors (Lipinski definition) is 0. The van der Waals surface area contributed by atoms with E-state index in [9.17, 15) is 0 Å². The van der Waals surface area contributed by atoms with Crippen LogP contribution < -0.4 is 5.32 Å². The van der Waals surface area contributed by atoms with Crippen LogP contribution in [0.4, 0.5) is 0 Å². The molecule has 2 rings (SSSR count). The van der Waals surface area contributed by atoms with Gasteiger partial charge in [0.05, 0.1) is 0 Å². The molecule has 2 aliphatic rings. The highest BCUT2D eigenvalue weighted by molar-refractivity contribution is 4.79. The number of likely N-dealkylation sites (tertiary alicyclic amines) is 1. The maximum absolute atomic E-state index is 4.38. The van der Waals surface area contributed by atoms with Crippen molar-refractivity contribution in [3.8, 4) is 0 Å². The zero-order valence-electron chi connectivity index (χ0n) is 9.28. The molecule has 0 amide bonds. The van der Waals surface area contributed by atoms with Gasteiger partial charge in [-0.2, -0.15) is 0 Å². The summed E-state index contributed by atoms with van der Waals surface area (Å²) in [5.74, 6) is 0. The molecule has 2 fully saturated rings. The third kappa shape index (κ3) is 2.69. The van der Waals surface area contributed by atoms with E-state index >= 15 is 0 Å². The Hall–Kier alpha value is -0.120. The van der Waals surface area contributed by atoms with E-state index in [0.29, 0.717) is 0 Å². The molecule has 3 heteroatoms. The van der Waals surface area contributed by atoms with Crippen LogP contribution in [0.3, 0.4) is 0 Å². The van der Waals surface area contributed by atoms with Crippen molar-refractivity contribution in [3.63, 3.8) is 0 Å². The summed E-state index contributed by atoms with van der Waals surface area (Å²) in [6.45, 7) is 7.04. The minimum absolute atomic E-state index is 0.807. The molecule has 0 N–H and O–H groups in total. The zero-order valence-corrected chi connectivity index (χ0v) is 9.28. The van der Waals surface area contributed by atoms with E-state index in [-0.39, 0.29) is 0 Å². The van der Waals surface area contributed by atoms with Crippen LogP contribution in [0.1, 0.15) is 19.3 Å². The fraction of sp³-hybridized carbons (Fsp3) is 1.00. The molecule has 14 heavy (non-hydrogen) atoms. The second-order valence-corrected chi connectivity index (χ2v) is 4.60. The number of piperazine rings is 1. The van der Waals surface area contributed by atoms with Gasteiger partial charge in [-0.1, -0.05) is 6.42 Å². The SMILES string of the molecule is CN1CCCC[C@H]1CN1CC[N]CC1. The molecule has 0 spiro atoms. The topological polar surface area (TPSA) is 20.6 Å². The standard InChI is InChI=1S/C11H22N3/c1-13-7-3-2-4-11(13)10-14-8-5-12-6-9-14/h11H,2-10H2,1H3/t11-/m0/s1. The lowest BCUT2D eigenvalue weighted by atomic mass is 10.0. The Bertz CT molecular complexity index is 166. The van der Waals surface area contributed by atoms with E-state index in [1.807, 2.05) is 0 Å². The predicted octanol–water partition coefficient (Wildman–Crippen LogP) is 0.391. The van der Waals surface area contributed by atoms with E-state index in [0.717, 1.165) is 19.1 Å². The van der Waals surface area contributed by atoms with Crippen molar-refractivity contribution < 1.29 is 0 Å². The van der Waals surface area contributed by atoms with Crippen LogP contribution in [0.2, 0.25) is 0 Å². The number of nitrogens with zero attached hydrogens (tertiary/aromatic N) is 3. The van der Waals surface area contributed by atoms with Crippen LogP contribution in [-0.4, -0.2) is 62.2 Å². The molecular weight excluding hydrogens is 174 g/mol. The fourth-order valence-electron chi connectivity index (χ4n) is 2.50. The van der Waals surface area contributed by atoms with Crippen molar-refractivity contribution in [1.29, 1.82) is 0 Å². The minimum atomic E-state index is 0.807. The average molecular weight is 196 g/mol. The highest BCUT2D eigenvalue weighted by atomic mass is 15.2. The van der Waals surface area contributed by atoms with E-state index in [2.05, 4.69) is 22.2 Å². The van der Waals surface area contributed by atoms with Gasteiger partial charge in [-0.15, -0.1) is 0 Å². The molecule has 1 radical (unpaired) electrons. The monoisotopic (exact) mass is 196 g/mol. The smallest absolute Gasteiger partial charge is 0.0261 e. The quantitative estimate of drug-likeness (QED) is 0.637. The van der Waals surface area contributed by atoms with E-state index in [1.54, 1.807) is 0 Å². The molecular formula is C11H22N3. The summed E-state index contributed by atoms with van der Waals surface area (Å²) in [5, 5.41) is 4.38. The number of hydrogen-bond acceptors (Lipinski definition) is 2. The van der Waals surface area contributed by atoms with Crippen LogP contribution in [0, 0.1) is 0 Å². The molecule has 0 aromatic carbocycles. The summed E-state index contributed by atoms with van der Waals surface area (Å²) in [4.78, 5) is 5.12. The predicted molar refractivity (Wildman–Crippen MR) is 58.6 cm³/mol. The Morgan fingerprint density at radius 3 is 2.64 bits per heavy atom. The van der Waals surface area contributed by atoms with Crippen LogP contribution >= 0.6 is 0 Å². The Labute approximate surface area is 87.4 Å². The Morgan fingerprint density at radius 2 is 1.93 bits per heavy atom. The first-order chi connectivity index (χ1) is 6.86. The highest BCUT2D eigenvalue weighted by Gasteiger charge is 2.22. The van der Waals surface area contributed by atoms with Gasteiger partial charge >= 0.3 is 0 Å². The molecule has 2 aliphatic heterocycles. The molecule has 2 heterocycles. The summed E-state index contributed by atoms with van der Waals surface area (Å²) in [7, 11) is 2.28. The van der Waals surface area contributed by atoms with Crippen molar-refractivity contribution in [2.45, 2.75) is 25.3 Å². The second kappa shape index (κ2) is 5.10. The third-order valence-corrected chi connectivity index (χ3v) is 3.54. The number of likely N-dealkylation sites (N-methyl/N-ethyl adjacent to an activating group) is 1. The van der Waals surface area contributed by atoms with Gasteiger partial charge in [0.15, 0.2) is 0 Å². The van der Waals surface area contributed by atoms with E-state index in [1.165, 1.54) is 45.4 Å². The van der Waals surface area contributed by atoms with Crippen LogP contribution in [0.15, 0.2) is 0 Å².